The van der Waals surface area contributed by atoms with Crippen molar-refractivity contribution in [2.75, 3.05) is 0 Å². The van der Waals surface area contributed by atoms with Gasteiger partial charge in [-0.1, -0.05) is 0 Å². The summed E-state index contributed by atoms with van der Waals surface area (Å²) in [5.74, 6) is -0.0511. The van der Waals surface area contributed by atoms with Crippen LogP contribution >= 0.6 is 0 Å². The van der Waals surface area contributed by atoms with Gasteiger partial charge in [-0.2, -0.15) is 0 Å². The van der Waals surface area contributed by atoms with Crippen LogP contribution in [-0.4, -0.2) is 41.0 Å². The summed E-state index contributed by atoms with van der Waals surface area (Å²) >= 11 is 0. The Hall–Kier alpha value is -0.903. The molecule has 0 radical (unpaired) electrons. The fraction of sp³-hybridized carbons (Fsp3) is 0. The number of carboxylic acids is 2. The van der Waals surface area contributed by atoms with Gasteiger partial charge in [0.2, 0.25) is 0 Å². The molecule has 0 aliphatic rings. The van der Waals surface area contributed by atoms with Crippen molar-refractivity contribution in [3.8, 4) is 11.8 Å². The number of carbonyl (C=O) groups is 2. The fourth-order valence-corrected chi connectivity index (χ4v) is 0.107. The molecule has 4 nitrogen and oxygen atoms in total. The van der Waals surface area contributed by atoms with Crippen LogP contribution in [0.2, 0.25) is 0 Å². The average molecular weight is 122 g/mol. The summed E-state index contributed by atoms with van der Waals surface area (Å²) in [5, 5.41) is 15.5. The van der Waals surface area contributed by atoms with E-state index >= 15 is 0 Å². The molecule has 0 bridgehead atoms. The summed E-state index contributed by atoms with van der Waals surface area (Å²) in [7, 11) is 0. The zero-order chi connectivity index (χ0) is 6.57. The molecule has 0 amide bonds. The molecule has 0 fully saturated rings. The molecule has 0 aromatic heterocycles. The van der Waals surface area contributed by atoms with Crippen molar-refractivity contribution in [2.45, 2.75) is 0 Å². The van der Waals surface area contributed by atoms with Crippen LogP contribution in [0, 0.1) is 11.8 Å². The van der Waals surface area contributed by atoms with Gasteiger partial charge in [0.05, 0.1) is 0 Å². The Labute approximate surface area is 63.0 Å². The fourth-order valence-electron chi connectivity index (χ4n) is 0.107. The van der Waals surface area contributed by atoms with Crippen LogP contribution in [0.1, 0.15) is 0 Å². The number of hydrogen-bond donors (Lipinski definition) is 2. The Morgan fingerprint density at radius 1 is 1.00 bits per heavy atom. The van der Waals surface area contributed by atoms with E-state index in [0.717, 1.165) is 0 Å². The summed E-state index contributed by atoms with van der Waals surface area (Å²) in [4.78, 5) is 18.9. The van der Waals surface area contributed by atoms with Gasteiger partial charge in [-0.25, -0.2) is 9.59 Å². The minimum atomic E-state index is -1.44. The topological polar surface area (TPSA) is 74.6 Å². The second kappa shape index (κ2) is 5.24. The number of carboxylic acid groups (broad SMARTS) is 2. The Balaban J connectivity index is 0. The average Bonchev–Trinajstić information content (AvgIpc) is 1.61. The van der Waals surface area contributed by atoms with Gasteiger partial charge >= 0.3 is 30.8 Å². The van der Waals surface area contributed by atoms with Crippen LogP contribution in [0.3, 0.4) is 0 Å². The van der Waals surface area contributed by atoms with Crippen molar-refractivity contribution >= 4 is 30.8 Å². The van der Waals surface area contributed by atoms with Gasteiger partial charge < -0.3 is 10.2 Å². The van der Waals surface area contributed by atoms with E-state index in [-0.39, 0.29) is 18.9 Å². The first kappa shape index (κ1) is 11.0. The van der Waals surface area contributed by atoms with E-state index in [1.165, 1.54) is 11.8 Å². The second-order valence-electron chi connectivity index (χ2n) is 0.860. The van der Waals surface area contributed by atoms with Crippen molar-refractivity contribution in [3.05, 3.63) is 0 Å². The zero-order valence-electron chi connectivity index (χ0n) is 3.71. The van der Waals surface area contributed by atoms with E-state index in [1.807, 2.05) is 0 Å². The third kappa shape index (κ3) is 11.0. The van der Waals surface area contributed by atoms with E-state index in [0.29, 0.717) is 0 Å². The standard InChI is InChI=1S/C4H2O4.Li.H/c5-3(6)1-2-4(7)8;;/h(H,5,6)(H,7,8);;. The second-order valence-corrected chi connectivity index (χ2v) is 0.860. The van der Waals surface area contributed by atoms with Crippen molar-refractivity contribution < 1.29 is 19.8 Å². The molecule has 0 aliphatic carbocycles. The molecule has 0 saturated carbocycles. The molecule has 0 unspecified atom stereocenters. The van der Waals surface area contributed by atoms with Crippen LogP contribution in [0.5, 0.6) is 0 Å². The van der Waals surface area contributed by atoms with E-state index in [9.17, 15) is 9.59 Å². The van der Waals surface area contributed by atoms with Crippen molar-refractivity contribution in [1.29, 1.82) is 0 Å². The molecular weight excluding hydrogens is 119 g/mol. The van der Waals surface area contributed by atoms with E-state index in [1.54, 1.807) is 0 Å². The van der Waals surface area contributed by atoms with Crippen LogP contribution in [0.25, 0.3) is 0 Å². The summed E-state index contributed by atoms with van der Waals surface area (Å²) in [5.41, 5.74) is 0. The first-order valence-electron chi connectivity index (χ1n) is 1.61. The molecule has 5 heteroatoms. The van der Waals surface area contributed by atoms with Crippen molar-refractivity contribution in [2.24, 2.45) is 0 Å². The molecular formula is C4H3LiO4. The Bertz CT molecular complexity index is 157. The molecule has 0 aromatic rings. The maximum atomic E-state index is 9.47. The van der Waals surface area contributed by atoms with Crippen LogP contribution < -0.4 is 0 Å². The third-order valence-electron chi connectivity index (χ3n) is 0.276. The van der Waals surface area contributed by atoms with Crippen molar-refractivity contribution in [3.63, 3.8) is 0 Å². The van der Waals surface area contributed by atoms with Crippen LogP contribution in [0.4, 0.5) is 0 Å². The van der Waals surface area contributed by atoms with E-state index in [2.05, 4.69) is 0 Å². The SMILES string of the molecule is O=C(O)C#CC(=O)O.[LiH]. The van der Waals surface area contributed by atoms with Gasteiger partial charge in [-0.15, -0.1) is 0 Å². The zero-order valence-corrected chi connectivity index (χ0v) is 3.71. The molecule has 44 valence electrons. The number of hydrogen-bond acceptors (Lipinski definition) is 2. The Kier molecular flexibility index (Phi) is 6.39. The van der Waals surface area contributed by atoms with Gasteiger partial charge in [0.1, 0.15) is 0 Å². The summed E-state index contributed by atoms with van der Waals surface area (Å²) in [6.07, 6.45) is 0. The van der Waals surface area contributed by atoms with Gasteiger partial charge in [0.15, 0.2) is 0 Å². The first-order chi connectivity index (χ1) is 3.63. The molecule has 0 rings (SSSR count). The molecule has 0 atom stereocenters. The third-order valence-corrected chi connectivity index (χ3v) is 0.276. The van der Waals surface area contributed by atoms with Gasteiger partial charge in [0, 0.05) is 11.8 Å². The molecule has 9 heavy (non-hydrogen) atoms. The molecule has 0 saturated heterocycles. The van der Waals surface area contributed by atoms with E-state index in [4.69, 9.17) is 10.2 Å². The van der Waals surface area contributed by atoms with Gasteiger partial charge in [0.25, 0.3) is 0 Å². The van der Waals surface area contributed by atoms with Gasteiger partial charge in [-0.05, 0) is 0 Å². The molecule has 2 N–H and O–H groups in total. The van der Waals surface area contributed by atoms with Crippen molar-refractivity contribution in [1.82, 2.24) is 0 Å². The monoisotopic (exact) mass is 122 g/mol. The Morgan fingerprint density at radius 3 is 1.33 bits per heavy atom. The predicted molar refractivity (Wildman–Crippen MR) is 30.2 cm³/mol. The minimum absolute atomic E-state index is 0. The summed E-state index contributed by atoms with van der Waals surface area (Å²) in [6, 6.07) is 0. The number of rotatable bonds is 0. The maximum absolute atomic E-state index is 9.47. The molecule has 0 heterocycles. The normalized spacial score (nSPS) is 5.78. The van der Waals surface area contributed by atoms with E-state index < -0.39 is 11.9 Å². The Morgan fingerprint density at radius 2 is 1.22 bits per heavy atom. The molecule has 0 aliphatic heterocycles. The first-order valence-corrected chi connectivity index (χ1v) is 1.61. The molecule has 0 aromatic carbocycles. The summed E-state index contributed by atoms with van der Waals surface area (Å²) < 4.78 is 0. The molecule has 0 spiro atoms. The van der Waals surface area contributed by atoms with Crippen LogP contribution in [-0.2, 0) is 9.59 Å². The van der Waals surface area contributed by atoms with Gasteiger partial charge in [-0.3, -0.25) is 0 Å². The summed E-state index contributed by atoms with van der Waals surface area (Å²) in [6.45, 7) is 0. The van der Waals surface area contributed by atoms with Crippen LogP contribution in [0.15, 0.2) is 0 Å². The quantitative estimate of drug-likeness (QED) is 0.303. The predicted octanol–water partition coefficient (Wildman–Crippen LogP) is -1.49. The number of aliphatic carboxylic acids is 2.